The SMILES string of the molecule is Cn1ccnc1CNC(=O)c1c[nH]ccc1=O. The molecule has 0 saturated carbocycles. The first-order valence-corrected chi connectivity index (χ1v) is 5.10. The van der Waals surface area contributed by atoms with Crippen molar-refractivity contribution in [1.29, 1.82) is 0 Å². The van der Waals surface area contributed by atoms with Crippen molar-refractivity contribution >= 4 is 5.91 Å². The van der Waals surface area contributed by atoms with E-state index in [9.17, 15) is 9.59 Å². The van der Waals surface area contributed by atoms with Gasteiger partial charge in [-0.2, -0.15) is 0 Å². The van der Waals surface area contributed by atoms with Crippen molar-refractivity contribution in [2.24, 2.45) is 7.05 Å². The van der Waals surface area contributed by atoms with E-state index in [1.807, 2.05) is 7.05 Å². The van der Waals surface area contributed by atoms with Crippen molar-refractivity contribution in [3.8, 4) is 0 Å². The van der Waals surface area contributed by atoms with Gasteiger partial charge in [-0.15, -0.1) is 0 Å². The molecule has 0 aliphatic carbocycles. The molecule has 0 unspecified atom stereocenters. The summed E-state index contributed by atoms with van der Waals surface area (Å²) >= 11 is 0. The first kappa shape index (κ1) is 11.1. The number of pyridine rings is 1. The van der Waals surface area contributed by atoms with Crippen LogP contribution >= 0.6 is 0 Å². The van der Waals surface area contributed by atoms with E-state index in [4.69, 9.17) is 0 Å². The van der Waals surface area contributed by atoms with Gasteiger partial charge in [-0.3, -0.25) is 9.59 Å². The Morgan fingerprint density at radius 3 is 3.06 bits per heavy atom. The van der Waals surface area contributed by atoms with Crippen LogP contribution in [0.5, 0.6) is 0 Å². The van der Waals surface area contributed by atoms with E-state index in [1.165, 1.54) is 18.5 Å². The van der Waals surface area contributed by atoms with Crippen LogP contribution < -0.4 is 10.7 Å². The molecule has 88 valence electrons. The number of hydrogen-bond donors (Lipinski definition) is 2. The fourth-order valence-electron chi connectivity index (χ4n) is 1.41. The molecule has 2 heterocycles. The molecule has 2 N–H and O–H groups in total. The number of imidazole rings is 1. The maximum absolute atomic E-state index is 11.7. The Morgan fingerprint density at radius 2 is 2.41 bits per heavy atom. The lowest BCUT2D eigenvalue weighted by Crippen LogP contribution is -2.28. The average Bonchev–Trinajstić information content (AvgIpc) is 2.72. The number of aryl methyl sites for hydroxylation is 1. The summed E-state index contributed by atoms with van der Waals surface area (Å²) in [6, 6.07) is 1.32. The smallest absolute Gasteiger partial charge is 0.257 e. The Bertz CT molecular complexity index is 585. The molecule has 0 aliphatic rings. The van der Waals surface area contributed by atoms with Crippen LogP contribution in [0.2, 0.25) is 0 Å². The molecule has 17 heavy (non-hydrogen) atoms. The molecule has 0 atom stereocenters. The number of amides is 1. The minimum atomic E-state index is -0.408. The highest BCUT2D eigenvalue weighted by molar-refractivity contribution is 5.93. The number of carbonyl (C=O) groups excluding carboxylic acids is 1. The van der Waals surface area contributed by atoms with E-state index in [2.05, 4.69) is 15.3 Å². The quantitative estimate of drug-likeness (QED) is 0.784. The number of rotatable bonds is 3. The van der Waals surface area contributed by atoms with Crippen LogP contribution in [0.25, 0.3) is 0 Å². The van der Waals surface area contributed by atoms with Gasteiger partial charge in [0.2, 0.25) is 0 Å². The number of aromatic nitrogens is 3. The van der Waals surface area contributed by atoms with Crippen molar-refractivity contribution in [2.45, 2.75) is 6.54 Å². The van der Waals surface area contributed by atoms with E-state index < -0.39 is 5.91 Å². The van der Waals surface area contributed by atoms with E-state index >= 15 is 0 Å². The van der Waals surface area contributed by atoms with E-state index in [-0.39, 0.29) is 17.5 Å². The molecule has 2 rings (SSSR count). The Balaban J connectivity index is 2.06. The highest BCUT2D eigenvalue weighted by Gasteiger charge is 2.09. The van der Waals surface area contributed by atoms with Gasteiger partial charge in [-0.25, -0.2) is 4.98 Å². The predicted molar refractivity (Wildman–Crippen MR) is 61.4 cm³/mol. The Hall–Kier alpha value is -2.37. The molecule has 2 aromatic rings. The highest BCUT2D eigenvalue weighted by atomic mass is 16.2. The lowest BCUT2D eigenvalue weighted by atomic mass is 10.2. The van der Waals surface area contributed by atoms with Crippen molar-refractivity contribution in [3.05, 3.63) is 52.5 Å². The molecule has 0 aliphatic heterocycles. The molecule has 6 heteroatoms. The number of H-pyrrole nitrogens is 1. The third-order valence-corrected chi connectivity index (χ3v) is 2.40. The fraction of sp³-hybridized carbons (Fsp3) is 0.182. The zero-order valence-electron chi connectivity index (χ0n) is 9.30. The van der Waals surface area contributed by atoms with E-state index in [1.54, 1.807) is 17.0 Å². The molecule has 0 aromatic carbocycles. The zero-order valence-corrected chi connectivity index (χ0v) is 9.30. The third kappa shape index (κ3) is 2.41. The average molecular weight is 232 g/mol. The molecule has 0 radical (unpaired) electrons. The first-order valence-electron chi connectivity index (χ1n) is 5.10. The van der Waals surface area contributed by atoms with Crippen LogP contribution in [0.3, 0.4) is 0 Å². The largest absolute Gasteiger partial charge is 0.367 e. The predicted octanol–water partition coefficient (Wildman–Crippen LogP) is 0.0384. The summed E-state index contributed by atoms with van der Waals surface area (Å²) in [5.41, 5.74) is -0.206. The van der Waals surface area contributed by atoms with Gasteiger partial charge < -0.3 is 14.9 Å². The molecule has 2 aromatic heterocycles. The number of nitrogens with one attached hydrogen (secondary N) is 2. The van der Waals surface area contributed by atoms with Gasteiger partial charge in [0.25, 0.3) is 5.91 Å². The summed E-state index contributed by atoms with van der Waals surface area (Å²) in [4.78, 5) is 29.9. The van der Waals surface area contributed by atoms with E-state index in [0.717, 1.165) is 5.82 Å². The topological polar surface area (TPSA) is 79.8 Å². The second-order valence-electron chi connectivity index (χ2n) is 3.56. The van der Waals surface area contributed by atoms with Gasteiger partial charge in [0, 0.05) is 37.9 Å². The summed E-state index contributed by atoms with van der Waals surface area (Å²) in [6.45, 7) is 0.288. The maximum Gasteiger partial charge on any atom is 0.257 e. The van der Waals surface area contributed by atoms with Gasteiger partial charge in [-0.05, 0) is 0 Å². The maximum atomic E-state index is 11.7. The van der Waals surface area contributed by atoms with Crippen molar-refractivity contribution in [3.63, 3.8) is 0 Å². The van der Waals surface area contributed by atoms with E-state index in [0.29, 0.717) is 0 Å². The fourth-order valence-corrected chi connectivity index (χ4v) is 1.41. The zero-order chi connectivity index (χ0) is 12.3. The standard InChI is InChI=1S/C11H12N4O2/c1-15-5-4-13-10(15)7-14-11(17)8-6-12-3-2-9(8)16/h2-6H,7H2,1H3,(H,12,16)(H,14,17). The van der Waals surface area contributed by atoms with Crippen molar-refractivity contribution in [1.82, 2.24) is 19.9 Å². The summed E-state index contributed by atoms with van der Waals surface area (Å²) in [6.07, 6.45) is 6.31. The summed E-state index contributed by atoms with van der Waals surface area (Å²) < 4.78 is 1.80. The van der Waals surface area contributed by atoms with Crippen LogP contribution in [0.1, 0.15) is 16.2 Å². The van der Waals surface area contributed by atoms with Gasteiger partial charge in [-0.1, -0.05) is 0 Å². The minimum Gasteiger partial charge on any atom is -0.367 e. The molecule has 6 nitrogen and oxygen atoms in total. The van der Waals surface area contributed by atoms with Crippen LogP contribution in [0, 0.1) is 0 Å². The Kier molecular flexibility index (Phi) is 3.04. The molecule has 0 saturated heterocycles. The van der Waals surface area contributed by atoms with Crippen LogP contribution in [-0.4, -0.2) is 20.4 Å². The molecular formula is C11H12N4O2. The molecule has 1 amide bonds. The molecule has 0 bridgehead atoms. The van der Waals surface area contributed by atoms with Crippen LogP contribution in [-0.2, 0) is 13.6 Å². The van der Waals surface area contributed by atoms with Crippen molar-refractivity contribution < 1.29 is 4.79 Å². The first-order chi connectivity index (χ1) is 8.18. The summed E-state index contributed by atoms with van der Waals surface area (Å²) in [5.74, 6) is 0.320. The summed E-state index contributed by atoms with van der Waals surface area (Å²) in [5, 5.41) is 2.64. The monoisotopic (exact) mass is 232 g/mol. The second-order valence-corrected chi connectivity index (χ2v) is 3.56. The highest BCUT2D eigenvalue weighted by Crippen LogP contribution is 1.94. The molecule has 0 spiro atoms. The lowest BCUT2D eigenvalue weighted by molar-refractivity contribution is 0.0948. The minimum absolute atomic E-state index is 0.0988. The van der Waals surface area contributed by atoms with Gasteiger partial charge >= 0.3 is 0 Å². The van der Waals surface area contributed by atoms with Crippen LogP contribution in [0.4, 0.5) is 0 Å². The van der Waals surface area contributed by atoms with Crippen LogP contribution in [0.15, 0.2) is 35.6 Å². The second kappa shape index (κ2) is 4.65. The number of carbonyl (C=O) groups is 1. The van der Waals surface area contributed by atoms with Gasteiger partial charge in [0.1, 0.15) is 11.4 Å². The van der Waals surface area contributed by atoms with Gasteiger partial charge in [0.05, 0.1) is 6.54 Å². The third-order valence-electron chi connectivity index (χ3n) is 2.40. The lowest BCUT2D eigenvalue weighted by Gasteiger charge is -2.04. The molecular weight excluding hydrogens is 220 g/mol. The summed E-state index contributed by atoms with van der Waals surface area (Å²) in [7, 11) is 1.84. The number of nitrogens with zero attached hydrogens (tertiary/aromatic N) is 2. The number of hydrogen-bond acceptors (Lipinski definition) is 3. The Morgan fingerprint density at radius 1 is 1.59 bits per heavy atom. The number of aromatic amines is 1. The van der Waals surface area contributed by atoms with Gasteiger partial charge in [0.15, 0.2) is 5.43 Å². The Labute approximate surface area is 97.3 Å². The normalized spacial score (nSPS) is 10.2. The van der Waals surface area contributed by atoms with Crippen molar-refractivity contribution in [2.75, 3.05) is 0 Å². The molecule has 0 fully saturated rings.